The van der Waals surface area contributed by atoms with E-state index in [1.807, 2.05) is 79.0 Å². The zero-order valence-corrected chi connectivity index (χ0v) is 18.2. The lowest BCUT2D eigenvalue weighted by atomic mass is 10.1. The fourth-order valence-corrected chi connectivity index (χ4v) is 5.16. The zero-order chi connectivity index (χ0) is 21.3. The van der Waals surface area contributed by atoms with Gasteiger partial charge in [0, 0.05) is 23.4 Å². The first-order valence-corrected chi connectivity index (χ1v) is 11.7. The maximum absolute atomic E-state index is 6.41. The molecule has 0 aliphatic carbocycles. The van der Waals surface area contributed by atoms with Crippen LogP contribution < -0.4 is 11.4 Å². The molecule has 0 bridgehead atoms. The molecule has 0 saturated carbocycles. The predicted octanol–water partition coefficient (Wildman–Crippen LogP) is 5.97. The van der Waals surface area contributed by atoms with Gasteiger partial charge in [-0.1, -0.05) is 54.6 Å². The molecule has 0 N–H and O–H groups in total. The average Bonchev–Trinajstić information content (AvgIpc) is 2.90. The Morgan fingerprint density at radius 2 is 1.44 bits per heavy atom. The van der Waals surface area contributed by atoms with Gasteiger partial charge >= 0.3 is 15.1 Å². The van der Waals surface area contributed by atoms with Crippen LogP contribution in [0.1, 0.15) is 5.56 Å². The molecular weight excluding hydrogens is 415 g/mol. The van der Waals surface area contributed by atoms with Crippen molar-refractivity contribution in [3.63, 3.8) is 0 Å². The quantitative estimate of drug-likeness (QED) is 0.322. The van der Waals surface area contributed by atoms with E-state index in [9.17, 15) is 0 Å². The lowest BCUT2D eigenvalue weighted by molar-refractivity contribution is 0.309. The van der Waals surface area contributed by atoms with Crippen molar-refractivity contribution in [1.82, 2.24) is 4.98 Å². The van der Waals surface area contributed by atoms with Crippen LogP contribution in [0.15, 0.2) is 102 Å². The van der Waals surface area contributed by atoms with Crippen molar-refractivity contribution in [2.24, 2.45) is 4.99 Å². The fraction of sp³-hybridized carbons (Fsp3) is 0. The molecular formula is C26H17AlN2O3. The second kappa shape index (κ2) is 8.01. The van der Waals surface area contributed by atoms with Gasteiger partial charge in [0.2, 0.25) is 0 Å². The molecule has 0 radical (unpaired) electrons. The molecule has 1 aliphatic heterocycles. The summed E-state index contributed by atoms with van der Waals surface area (Å²) >= 11 is -2.74. The highest BCUT2D eigenvalue weighted by Gasteiger charge is 2.46. The minimum Gasteiger partial charge on any atom is -0.577 e. The first-order chi connectivity index (χ1) is 15.8. The van der Waals surface area contributed by atoms with Crippen LogP contribution >= 0.6 is 0 Å². The van der Waals surface area contributed by atoms with E-state index in [0.717, 1.165) is 32.9 Å². The SMILES string of the molecule is C1=Nc2ccccc2[O][Al]([O]c2cccc3cccnc23)[O]c2cc3ccccc3cc21. The highest BCUT2D eigenvalue weighted by atomic mass is 27.3. The molecule has 0 fully saturated rings. The summed E-state index contributed by atoms with van der Waals surface area (Å²) in [5.74, 6) is 1.95. The summed E-state index contributed by atoms with van der Waals surface area (Å²) in [6.07, 6.45) is 3.58. The third kappa shape index (κ3) is 3.56. The predicted molar refractivity (Wildman–Crippen MR) is 127 cm³/mol. The first-order valence-electron chi connectivity index (χ1n) is 10.3. The summed E-state index contributed by atoms with van der Waals surface area (Å²) in [6, 6.07) is 29.7. The minimum absolute atomic E-state index is 0.631. The number of aromatic nitrogens is 1. The maximum atomic E-state index is 6.41. The van der Waals surface area contributed by atoms with Gasteiger partial charge in [-0.2, -0.15) is 0 Å². The van der Waals surface area contributed by atoms with Gasteiger partial charge < -0.3 is 11.4 Å². The number of nitrogens with zero attached hydrogens (tertiary/aromatic N) is 2. The van der Waals surface area contributed by atoms with Gasteiger partial charge in [0.25, 0.3) is 0 Å². The van der Waals surface area contributed by atoms with Crippen LogP contribution in [-0.2, 0) is 0 Å². The molecule has 4 aromatic carbocycles. The molecule has 0 spiro atoms. The van der Waals surface area contributed by atoms with Gasteiger partial charge in [0.15, 0.2) is 0 Å². The monoisotopic (exact) mass is 432 g/mol. The Morgan fingerprint density at radius 1 is 0.688 bits per heavy atom. The third-order valence-electron chi connectivity index (χ3n) is 5.35. The Kier molecular flexibility index (Phi) is 4.73. The summed E-state index contributed by atoms with van der Waals surface area (Å²) in [5.41, 5.74) is 2.38. The fourth-order valence-electron chi connectivity index (χ4n) is 3.80. The number of fused-ring (bicyclic) bond motifs is 4. The van der Waals surface area contributed by atoms with Gasteiger partial charge in [0.05, 0.1) is 5.75 Å². The summed E-state index contributed by atoms with van der Waals surface area (Å²) in [4.78, 5) is 9.17. The molecule has 0 saturated heterocycles. The molecule has 1 aliphatic rings. The van der Waals surface area contributed by atoms with E-state index in [4.69, 9.17) is 11.4 Å². The molecule has 0 amide bonds. The van der Waals surface area contributed by atoms with Crippen LogP contribution in [0.4, 0.5) is 5.69 Å². The molecule has 5 aromatic rings. The van der Waals surface area contributed by atoms with Gasteiger partial charge in [-0.3, -0.25) is 9.98 Å². The van der Waals surface area contributed by atoms with E-state index in [-0.39, 0.29) is 0 Å². The molecule has 32 heavy (non-hydrogen) atoms. The van der Waals surface area contributed by atoms with Crippen molar-refractivity contribution in [2.45, 2.75) is 0 Å². The average molecular weight is 432 g/mol. The zero-order valence-electron chi connectivity index (χ0n) is 17.0. The van der Waals surface area contributed by atoms with Crippen molar-refractivity contribution in [1.29, 1.82) is 0 Å². The van der Waals surface area contributed by atoms with Crippen LogP contribution in [0.25, 0.3) is 21.7 Å². The topological polar surface area (TPSA) is 52.9 Å². The van der Waals surface area contributed by atoms with E-state index in [1.54, 1.807) is 6.20 Å². The molecule has 2 heterocycles. The number of hydrogen-bond acceptors (Lipinski definition) is 5. The van der Waals surface area contributed by atoms with Gasteiger partial charge in [-0.15, -0.1) is 0 Å². The van der Waals surface area contributed by atoms with Crippen molar-refractivity contribution >= 4 is 48.7 Å². The van der Waals surface area contributed by atoms with E-state index in [1.165, 1.54) is 0 Å². The normalized spacial score (nSPS) is 12.7. The van der Waals surface area contributed by atoms with E-state index >= 15 is 0 Å². The summed E-state index contributed by atoms with van der Waals surface area (Å²) in [7, 11) is 0. The summed E-state index contributed by atoms with van der Waals surface area (Å²) in [6.45, 7) is 0. The van der Waals surface area contributed by atoms with Gasteiger partial charge in [-0.05, 0) is 47.2 Å². The maximum Gasteiger partial charge on any atom is 1.20 e. The number of aliphatic imine (C=N–C) groups is 1. The molecule has 0 atom stereocenters. The standard InChI is InChI=1S/C17H13NO2.C9H7NO.Al/c19-16-8-4-3-7-15(16)18-11-14-9-12-5-1-2-6-13(12)10-17(14)20;11-8-5-1-3-7-4-2-6-10-9(7)8;/h1-11,19-20H;1-6,11H;/q;;+3/p-3. The third-order valence-corrected chi connectivity index (χ3v) is 6.69. The number of para-hydroxylation sites is 3. The first kappa shape index (κ1) is 18.9. The van der Waals surface area contributed by atoms with Crippen LogP contribution in [0.2, 0.25) is 0 Å². The number of hydrogen-bond donors (Lipinski definition) is 0. The number of benzene rings is 4. The second-order valence-corrected chi connectivity index (χ2v) is 8.72. The molecule has 152 valence electrons. The van der Waals surface area contributed by atoms with E-state index < -0.39 is 15.1 Å². The minimum atomic E-state index is -2.74. The molecule has 5 nitrogen and oxygen atoms in total. The van der Waals surface area contributed by atoms with Crippen molar-refractivity contribution < 1.29 is 11.4 Å². The van der Waals surface area contributed by atoms with E-state index in [2.05, 4.69) is 28.2 Å². The van der Waals surface area contributed by atoms with Crippen LogP contribution in [0, 0.1) is 0 Å². The lowest BCUT2D eigenvalue weighted by Gasteiger charge is -2.18. The highest BCUT2D eigenvalue weighted by molar-refractivity contribution is 6.40. The largest absolute Gasteiger partial charge is 1.20 e. The number of rotatable bonds is 2. The number of pyridine rings is 1. The lowest BCUT2D eigenvalue weighted by Crippen LogP contribution is -2.37. The smallest absolute Gasteiger partial charge is 0.577 e. The Balaban J connectivity index is 1.47. The molecule has 6 heteroatoms. The van der Waals surface area contributed by atoms with Crippen molar-refractivity contribution in [3.05, 3.63) is 103 Å². The Labute approximate surface area is 189 Å². The van der Waals surface area contributed by atoms with Crippen LogP contribution in [0.5, 0.6) is 17.2 Å². The van der Waals surface area contributed by atoms with Gasteiger partial charge in [-0.25, -0.2) is 0 Å². The molecule has 1 aromatic heterocycles. The van der Waals surface area contributed by atoms with Gasteiger partial charge in [0.1, 0.15) is 22.7 Å². The Morgan fingerprint density at radius 3 is 2.38 bits per heavy atom. The van der Waals surface area contributed by atoms with Crippen LogP contribution in [-0.4, -0.2) is 26.3 Å². The Hall–Kier alpha value is -3.85. The molecule has 6 rings (SSSR count). The molecule has 0 unspecified atom stereocenters. The van der Waals surface area contributed by atoms with Crippen LogP contribution in [0.3, 0.4) is 0 Å². The Bertz CT molecular complexity index is 1480. The summed E-state index contributed by atoms with van der Waals surface area (Å²) in [5, 5.41) is 3.19. The van der Waals surface area contributed by atoms with Crippen molar-refractivity contribution in [3.8, 4) is 17.2 Å². The second-order valence-electron chi connectivity index (χ2n) is 7.44. The summed E-state index contributed by atoms with van der Waals surface area (Å²) < 4.78 is 19.1. The van der Waals surface area contributed by atoms with Crippen molar-refractivity contribution in [2.75, 3.05) is 0 Å². The highest BCUT2D eigenvalue weighted by Crippen LogP contribution is 2.33. The van der Waals surface area contributed by atoms with E-state index in [0.29, 0.717) is 17.2 Å².